The van der Waals surface area contributed by atoms with Gasteiger partial charge >= 0.3 is 0 Å². The fourth-order valence-electron chi connectivity index (χ4n) is 2.63. The predicted molar refractivity (Wildman–Crippen MR) is 55.5 cm³/mol. The molecule has 0 bridgehead atoms. The molecule has 0 N–H and O–H groups in total. The second-order valence-corrected chi connectivity index (χ2v) is 4.73. The Morgan fingerprint density at radius 2 is 2.07 bits per heavy atom. The second-order valence-electron chi connectivity index (χ2n) is 4.73. The van der Waals surface area contributed by atoms with Gasteiger partial charge < -0.3 is 0 Å². The van der Waals surface area contributed by atoms with Crippen LogP contribution in [-0.2, 0) is 4.79 Å². The van der Waals surface area contributed by atoms with Crippen molar-refractivity contribution in [1.29, 1.82) is 5.26 Å². The maximum Gasteiger partial charge on any atom is 0.140 e. The molecule has 2 heteroatoms. The summed E-state index contributed by atoms with van der Waals surface area (Å²) in [4.78, 5) is 11.7. The Kier molecular flexibility index (Phi) is 2.80. The zero-order valence-corrected chi connectivity index (χ0v) is 9.13. The topological polar surface area (TPSA) is 40.9 Å². The molecule has 0 aromatic heterocycles. The molecule has 2 nitrogen and oxygen atoms in total. The summed E-state index contributed by atoms with van der Waals surface area (Å²) in [5.74, 6) is 0.187. The lowest BCUT2D eigenvalue weighted by molar-refractivity contribution is -0.128. The summed E-state index contributed by atoms with van der Waals surface area (Å²) in [6, 6.07) is 1.98. The molecule has 0 aromatic carbocycles. The Labute approximate surface area is 85.6 Å². The zero-order valence-electron chi connectivity index (χ0n) is 9.13. The molecule has 1 fully saturated rings. The second kappa shape index (κ2) is 3.57. The molecule has 1 atom stereocenters. The van der Waals surface area contributed by atoms with Crippen molar-refractivity contribution < 1.29 is 4.79 Å². The van der Waals surface area contributed by atoms with Gasteiger partial charge in [-0.3, -0.25) is 4.79 Å². The van der Waals surface area contributed by atoms with Crippen molar-refractivity contribution in [1.82, 2.24) is 0 Å². The van der Waals surface area contributed by atoms with Crippen LogP contribution in [0.1, 0.15) is 40.0 Å². The first kappa shape index (κ1) is 11.0. The maximum absolute atomic E-state index is 11.7. The van der Waals surface area contributed by atoms with Gasteiger partial charge in [0.15, 0.2) is 0 Å². The van der Waals surface area contributed by atoms with Crippen LogP contribution in [0.2, 0.25) is 0 Å². The highest BCUT2D eigenvalue weighted by Gasteiger charge is 2.50. The molecule has 0 spiro atoms. The molecule has 1 rings (SSSR count). The van der Waals surface area contributed by atoms with Crippen LogP contribution in [0.5, 0.6) is 0 Å². The molecule has 76 valence electrons. The van der Waals surface area contributed by atoms with E-state index < -0.39 is 5.41 Å². The number of rotatable bonds is 2. The van der Waals surface area contributed by atoms with Crippen LogP contribution in [0.15, 0.2) is 12.2 Å². The minimum absolute atomic E-state index is 0.00775. The van der Waals surface area contributed by atoms with Gasteiger partial charge in [0, 0.05) is 6.08 Å². The first-order chi connectivity index (χ1) is 6.46. The van der Waals surface area contributed by atoms with Gasteiger partial charge in [-0.15, -0.1) is 0 Å². The minimum Gasteiger partial charge on any atom is -0.299 e. The minimum atomic E-state index is -0.400. The van der Waals surface area contributed by atoms with Gasteiger partial charge in [0.1, 0.15) is 5.78 Å². The van der Waals surface area contributed by atoms with E-state index in [-0.39, 0.29) is 11.2 Å². The summed E-state index contributed by atoms with van der Waals surface area (Å²) in [7, 11) is 0. The Morgan fingerprint density at radius 1 is 1.43 bits per heavy atom. The van der Waals surface area contributed by atoms with Crippen LogP contribution in [-0.4, -0.2) is 5.78 Å². The highest BCUT2D eigenvalue weighted by atomic mass is 16.1. The number of nitrogens with zero attached hydrogens (tertiary/aromatic N) is 1. The van der Waals surface area contributed by atoms with Crippen molar-refractivity contribution >= 4 is 5.78 Å². The molecule has 0 radical (unpaired) electrons. The lowest BCUT2D eigenvalue weighted by atomic mass is 9.65. The van der Waals surface area contributed by atoms with Crippen LogP contribution in [0.4, 0.5) is 0 Å². The highest BCUT2D eigenvalue weighted by molar-refractivity contribution is 5.85. The summed E-state index contributed by atoms with van der Waals surface area (Å²) in [5.41, 5.74) is -0.408. The number of carbonyl (C=O) groups excluding carboxylic acids is 1. The smallest absolute Gasteiger partial charge is 0.140 e. The first-order valence-corrected chi connectivity index (χ1v) is 5.05. The molecule has 0 aromatic rings. The number of Topliss-reactive ketones (excluding diaryl/α,β-unsaturated/α-hetero) is 1. The summed E-state index contributed by atoms with van der Waals surface area (Å²) < 4.78 is 0. The normalized spacial score (nSPS) is 30.4. The highest BCUT2D eigenvalue weighted by Crippen LogP contribution is 2.54. The van der Waals surface area contributed by atoms with Crippen molar-refractivity contribution in [3.05, 3.63) is 12.2 Å². The van der Waals surface area contributed by atoms with E-state index in [0.717, 1.165) is 19.3 Å². The number of nitriles is 1. The predicted octanol–water partition coefficient (Wildman–Crippen LogP) is 2.85. The Morgan fingerprint density at radius 3 is 2.43 bits per heavy atom. The van der Waals surface area contributed by atoms with Crippen molar-refractivity contribution in [2.75, 3.05) is 0 Å². The molecule has 0 amide bonds. The van der Waals surface area contributed by atoms with Crippen molar-refractivity contribution in [2.45, 2.75) is 40.0 Å². The van der Waals surface area contributed by atoms with E-state index in [1.54, 1.807) is 6.92 Å². The molecule has 1 aliphatic carbocycles. The van der Waals surface area contributed by atoms with Gasteiger partial charge in [0.05, 0.1) is 11.5 Å². The van der Waals surface area contributed by atoms with Crippen molar-refractivity contribution in [3.63, 3.8) is 0 Å². The molecular formula is C12H17NO. The summed E-state index contributed by atoms with van der Waals surface area (Å²) in [5, 5.41) is 8.54. The Balaban J connectivity index is 3.12. The average molecular weight is 191 g/mol. The molecule has 14 heavy (non-hydrogen) atoms. The van der Waals surface area contributed by atoms with E-state index >= 15 is 0 Å². The SMILES string of the molecule is CC(=O)C1(C=CC#N)CCCC1(C)C. The van der Waals surface area contributed by atoms with Gasteiger partial charge in [0.2, 0.25) is 0 Å². The summed E-state index contributed by atoms with van der Waals surface area (Å²) in [6.45, 7) is 5.86. The Bertz CT molecular complexity index is 309. The maximum atomic E-state index is 11.7. The summed E-state index contributed by atoms with van der Waals surface area (Å²) in [6.07, 6.45) is 6.27. The first-order valence-electron chi connectivity index (χ1n) is 5.05. The molecular weight excluding hydrogens is 174 g/mol. The third-order valence-electron chi connectivity index (χ3n) is 3.65. The van der Waals surface area contributed by atoms with Gasteiger partial charge in [0.25, 0.3) is 0 Å². The molecule has 0 aliphatic heterocycles. The lowest BCUT2D eigenvalue weighted by Crippen LogP contribution is -2.37. The number of carbonyl (C=O) groups is 1. The largest absolute Gasteiger partial charge is 0.299 e. The van der Waals surface area contributed by atoms with Crippen LogP contribution in [0.3, 0.4) is 0 Å². The number of hydrogen-bond acceptors (Lipinski definition) is 2. The van der Waals surface area contributed by atoms with Crippen LogP contribution in [0.25, 0.3) is 0 Å². The monoisotopic (exact) mass is 191 g/mol. The quantitative estimate of drug-likeness (QED) is 0.630. The van der Waals surface area contributed by atoms with E-state index in [1.165, 1.54) is 6.08 Å². The third kappa shape index (κ3) is 1.48. The fraction of sp³-hybridized carbons (Fsp3) is 0.667. The molecule has 1 unspecified atom stereocenters. The van der Waals surface area contributed by atoms with Crippen LogP contribution >= 0.6 is 0 Å². The van der Waals surface area contributed by atoms with E-state index in [0.29, 0.717) is 0 Å². The summed E-state index contributed by atoms with van der Waals surface area (Å²) >= 11 is 0. The van der Waals surface area contributed by atoms with Crippen molar-refractivity contribution in [3.8, 4) is 6.07 Å². The number of hydrogen-bond donors (Lipinski definition) is 0. The van der Waals surface area contributed by atoms with Crippen molar-refractivity contribution in [2.24, 2.45) is 10.8 Å². The van der Waals surface area contributed by atoms with Gasteiger partial charge in [-0.1, -0.05) is 26.3 Å². The van der Waals surface area contributed by atoms with E-state index in [2.05, 4.69) is 13.8 Å². The van der Waals surface area contributed by atoms with E-state index in [1.807, 2.05) is 12.1 Å². The lowest BCUT2D eigenvalue weighted by Gasteiger charge is -2.36. The molecule has 0 heterocycles. The fourth-order valence-corrected chi connectivity index (χ4v) is 2.63. The van der Waals surface area contributed by atoms with E-state index in [9.17, 15) is 4.79 Å². The molecule has 0 saturated heterocycles. The third-order valence-corrected chi connectivity index (χ3v) is 3.65. The number of allylic oxidation sites excluding steroid dienone is 2. The van der Waals surface area contributed by atoms with Gasteiger partial charge in [-0.25, -0.2) is 0 Å². The number of ketones is 1. The molecule has 1 aliphatic rings. The van der Waals surface area contributed by atoms with Crippen LogP contribution < -0.4 is 0 Å². The van der Waals surface area contributed by atoms with E-state index in [4.69, 9.17) is 5.26 Å². The van der Waals surface area contributed by atoms with Gasteiger partial charge in [-0.2, -0.15) is 5.26 Å². The zero-order chi connectivity index (χ0) is 10.8. The van der Waals surface area contributed by atoms with Crippen LogP contribution in [0, 0.1) is 22.2 Å². The standard InChI is InChI=1S/C12H17NO/c1-10(14)12(8-5-9-13)7-4-6-11(12,2)3/h5,8H,4,6-7H2,1-3H3. The molecule has 1 saturated carbocycles. The average Bonchev–Trinajstić information content (AvgIpc) is 2.38. The Hall–Kier alpha value is -1.10. The van der Waals surface area contributed by atoms with Gasteiger partial charge in [-0.05, 0) is 25.2 Å².